The van der Waals surface area contributed by atoms with E-state index in [-0.39, 0.29) is 24.3 Å². The number of amides is 1. The summed E-state index contributed by atoms with van der Waals surface area (Å²) in [5.41, 5.74) is 6.61. The fourth-order valence-corrected chi connectivity index (χ4v) is 3.97. The van der Waals surface area contributed by atoms with Gasteiger partial charge in [0.05, 0.1) is 13.7 Å². The molecule has 8 nitrogen and oxygen atoms in total. The zero-order valence-corrected chi connectivity index (χ0v) is 17.9. The number of aromatic nitrogens is 2. The van der Waals surface area contributed by atoms with Gasteiger partial charge in [0.1, 0.15) is 6.33 Å². The summed E-state index contributed by atoms with van der Waals surface area (Å²) in [7, 11) is 3.46. The van der Waals surface area contributed by atoms with Crippen LogP contribution in [0.25, 0.3) is 0 Å². The molecule has 1 aromatic heterocycles. The second-order valence-electron chi connectivity index (χ2n) is 6.87. The van der Waals surface area contributed by atoms with Crippen molar-refractivity contribution in [3.8, 4) is 5.75 Å². The first-order valence-electron chi connectivity index (χ1n) is 9.24. The van der Waals surface area contributed by atoms with Crippen molar-refractivity contribution in [3.05, 3.63) is 34.6 Å². The molecule has 2 heterocycles. The Balaban J connectivity index is 1.64. The number of nitrogens with zero attached hydrogens (tertiary/aromatic N) is 4. The van der Waals surface area contributed by atoms with Gasteiger partial charge in [0.15, 0.2) is 11.6 Å². The molecule has 0 radical (unpaired) electrons. The summed E-state index contributed by atoms with van der Waals surface area (Å²) in [5, 5.41) is 4.13. The molecule has 0 unspecified atom stereocenters. The molecule has 1 aliphatic heterocycles. The molecule has 1 amide bonds. The molecule has 0 spiro atoms. The largest absolute Gasteiger partial charge is 0.490 e. The van der Waals surface area contributed by atoms with Crippen LogP contribution in [-0.4, -0.2) is 60.6 Å². The quantitative estimate of drug-likeness (QED) is 0.715. The maximum atomic E-state index is 12.7. The highest BCUT2D eigenvalue weighted by Crippen LogP contribution is 2.31. The summed E-state index contributed by atoms with van der Waals surface area (Å²) in [6.07, 6.45) is 3.24. The van der Waals surface area contributed by atoms with Crippen LogP contribution in [0.4, 0.5) is 17.3 Å². The van der Waals surface area contributed by atoms with Crippen molar-refractivity contribution in [1.29, 1.82) is 0 Å². The van der Waals surface area contributed by atoms with Crippen LogP contribution in [0.2, 0.25) is 10.0 Å². The summed E-state index contributed by atoms with van der Waals surface area (Å²) in [5.74, 6) is 1.36. The van der Waals surface area contributed by atoms with E-state index in [1.165, 1.54) is 13.4 Å². The highest BCUT2D eigenvalue weighted by Gasteiger charge is 2.28. The number of rotatable bonds is 6. The van der Waals surface area contributed by atoms with Crippen molar-refractivity contribution in [2.45, 2.75) is 18.9 Å². The Kier molecular flexibility index (Phi) is 6.87. The predicted molar refractivity (Wildman–Crippen MR) is 116 cm³/mol. The Bertz CT molecular complexity index is 862. The summed E-state index contributed by atoms with van der Waals surface area (Å²) >= 11 is 12.0. The van der Waals surface area contributed by atoms with Gasteiger partial charge in [-0.05, 0) is 31.0 Å². The second kappa shape index (κ2) is 9.37. The number of carbonyl (C=O) groups excluding carboxylic acids is 1. The number of likely N-dealkylation sites (tertiary alicyclic amines) is 1. The van der Waals surface area contributed by atoms with Crippen LogP contribution in [0.3, 0.4) is 0 Å². The third-order valence-corrected chi connectivity index (χ3v) is 5.39. The van der Waals surface area contributed by atoms with E-state index in [2.05, 4.69) is 15.3 Å². The van der Waals surface area contributed by atoms with Crippen molar-refractivity contribution in [1.82, 2.24) is 14.9 Å². The topological polar surface area (TPSA) is 96.6 Å². The van der Waals surface area contributed by atoms with Crippen molar-refractivity contribution in [2.24, 2.45) is 0 Å². The number of carbonyl (C=O) groups is 1. The average molecular weight is 439 g/mol. The first-order valence-corrected chi connectivity index (χ1v) is 9.99. The van der Waals surface area contributed by atoms with Crippen LogP contribution in [0.5, 0.6) is 5.75 Å². The SMILES string of the molecule is COc1c(N)ncnc1N(C)[C@H]1CCCN(C(=O)CNc2cc(Cl)cc(Cl)c2)C1. The maximum absolute atomic E-state index is 12.7. The van der Waals surface area contributed by atoms with Gasteiger partial charge in [0.25, 0.3) is 0 Å². The fourth-order valence-electron chi connectivity index (χ4n) is 3.44. The summed E-state index contributed by atoms with van der Waals surface area (Å²) in [6.45, 7) is 1.46. The van der Waals surface area contributed by atoms with E-state index in [0.717, 1.165) is 12.8 Å². The fraction of sp³-hybridized carbons (Fsp3) is 0.421. The number of nitrogens with one attached hydrogen (secondary N) is 1. The van der Waals surface area contributed by atoms with Gasteiger partial charge < -0.3 is 25.6 Å². The number of anilines is 3. The number of hydrogen-bond acceptors (Lipinski definition) is 7. The molecule has 1 saturated heterocycles. The zero-order chi connectivity index (χ0) is 21.0. The predicted octanol–water partition coefficient (Wildman–Crippen LogP) is 2.91. The molecule has 1 aliphatic rings. The molecular formula is C19H24Cl2N6O2. The molecule has 29 heavy (non-hydrogen) atoms. The monoisotopic (exact) mass is 438 g/mol. The third-order valence-electron chi connectivity index (χ3n) is 4.95. The molecule has 156 valence electrons. The first kappa shape index (κ1) is 21.3. The molecule has 10 heteroatoms. The maximum Gasteiger partial charge on any atom is 0.241 e. The van der Waals surface area contributed by atoms with E-state index in [1.807, 2.05) is 16.8 Å². The van der Waals surface area contributed by atoms with Gasteiger partial charge in [0.2, 0.25) is 11.7 Å². The summed E-state index contributed by atoms with van der Waals surface area (Å²) in [4.78, 5) is 24.9. The molecule has 0 aliphatic carbocycles. The number of nitrogen functional groups attached to an aromatic ring is 1. The van der Waals surface area contributed by atoms with Gasteiger partial charge in [-0.25, -0.2) is 9.97 Å². The number of nitrogens with two attached hydrogens (primary N) is 1. The lowest BCUT2D eigenvalue weighted by atomic mass is 10.0. The van der Waals surface area contributed by atoms with Crippen LogP contribution in [-0.2, 0) is 4.79 Å². The normalized spacial score (nSPS) is 16.4. The smallest absolute Gasteiger partial charge is 0.241 e. The van der Waals surface area contributed by atoms with E-state index < -0.39 is 0 Å². The lowest BCUT2D eigenvalue weighted by Crippen LogP contribution is -2.50. The van der Waals surface area contributed by atoms with Crippen LogP contribution >= 0.6 is 23.2 Å². The molecule has 1 fully saturated rings. The van der Waals surface area contributed by atoms with Crippen LogP contribution in [0.1, 0.15) is 12.8 Å². The number of hydrogen-bond donors (Lipinski definition) is 2. The molecule has 0 saturated carbocycles. The highest BCUT2D eigenvalue weighted by molar-refractivity contribution is 6.35. The van der Waals surface area contributed by atoms with E-state index in [1.54, 1.807) is 18.2 Å². The highest BCUT2D eigenvalue weighted by atomic mass is 35.5. The van der Waals surface area contributed by atoms with Crippen molar-refractivity contribution in [3.63, 3.8) is 0 Å². The summed E-state index contributed by atoms with van der Waals surface area (Å²) in [6, 6.07) is 5.21. The lowest BCUT2D eigenvalue weighted by Gasteiger charge is -2.38. The van der Waals surface area contributed by atoms with Crippen LogP contribution < -0.4 is 20.7 Å². The van der Waals surface area contributed by atoms with Gasteiger partial charge in [-0.15, -0.1) is 0 Å². The Morgan fingerprint density at radius 2 is 2.07 bits per heavy atom. The molecule has 1 aromatic carbocycles. The molecule has 3 N–H and O–H groups in total. The van der Waals surface area contributed by atoms with Gasteiger partial charge in [0, 0.05) is 41.9 Å². The number of halogens is 2. The minimum absolute atomic E-state index is 0.00774. The Hall–Kier alpha value is -2.45. The van der Waals surface area contributed by atoms with Crippen molar-refractivity contribution < 1.29 is 9.53 Å². The van der Waals surface area contributed by atoms with E-state index in [0.29, 0.717) is 40.4 Å². The first-order chi connectivity index (χ1) is 13.9. The van der Waals surface area contributed by atoms with E-state index in [9.17, 15) is 4.79 Å². The van der Waals surface area contributed by atoms with Gasteiger partial charge in [-0.2, -0.15) is 0 Å². The van der Waals surface area contributed by atoms with Crippen molar-refractivity contribution in [2.75, 3.05) is 49.7 Å². The second-order valence-corrected chi connectivity index (χ2v) is 7.75. The Morgan fingerprint density at radius 1 is 1.34 bits per heavy atom. The molecular weight excluding hydrogens is 415 g/mol. The minimum Gasteiger partial charge on any atom is -0.490 e. The molecule has 2 aromatic rings. The number of ether oxygens (including phenoxy) is 1. The van der Waals surface area contributed by atoms with Gasteiger partial charge in [-0.1, -0.05) is 23.2 Å². The zero-order valence-electron chi connectivity index (χ0n) is 16.4. The third kappa shape index (κ3) is 5.13. The molecule has 1 atom stereocenters. The minimum atomic E-state index is 0.00774. The van der Waals surface area contributed by atoms with Crippen LogP contribution in [0.15, 0.2) is 24.5 Å². The Labute approximate surface area is 179 Å². The lowest BCUT2D eigenvalue weighted by molar-refractivity contribution is -0.130. The number of piperidine rings is 1. The summed E-state index contributed by atoms with van der Waals surface area (Å²) < 4.78 is 5.37. The Morgan fingerprint density at radius 3 is 2.76 bits per heavy atom. The number of likely N-dealkylation sites (N-methyl/N-ethyl adjacent to an activating group) is 1. The van der Waals surface area contributed by atoms with Gasteiger partial charge >= 0.3 is 0 Å². The number of benzene rings is 1. The molecule has 3 rings (SSSR count). The standard InChI is InChI=1S/C19H24Cl2N6O2/c1-26(19-17(29-2)18(22)24-11-25-19)15-4-3-5-27(10-15)16(28)9-23-14-7-12(20)6-13(21)8-14/h6-8,11,15,23H,3-5,9-10H2,1-2H3,(H2,22,24,25)/t15-/m0/s1. The van der Waals surface area contributed by atoms with E-state index >= 15 is 0 Å². The number of methoxy groups -OCH3 is 1. The molecule has 0 bridgehead atoms. The van der Waals surface area contributed by atoms with Crippen molar-refractivity contribution >= 4 is 46.4 Å². The van der Waals surface area contributed by atoms with E-state index in [4.69, 9.17) is 33.7 Å². The van der Waals surface area contributed by atoms with Gasteiger partial charge in [-0.3, -0.25) is 4.79 Å². The van der Waals surface area contributed by atoms with Crippen LogP contribution in [0, 0.1) is 0 Å². The average Bonchev–Trinajstić information content (AvgIpc) is 2.70.